The molecule has 4 N–H and O–H groups in total. The van der Waals surface area contributed by atoms with Crippen LogP contribution in [-0.4, -0.2) is 23.2 Å². The highest BCUT2D eigenvalue weighted by molar-refractivity contribution is 5.74. The molecular formula is C25H32N4O. The number of piperidine rings is 1. The van der Waals surface area contributed by atoms with Crippen LogP contribution in [0.4, 0.5) is 5.82 Å². The van der Waals surface area contributed by atoms with Gasteiger partial charge in [-0.15, -0.1) is 0 Å². The molecule has 0 amide bonds. The number of hydrogen-bond acceptors (Lipinski definition) is 5. The van der Waals surface area contributed by atoms with Crippen LogP contribution in [0, 0.1) is 17.2 Å². The number of nitrogens with zero attached hydrogens (tertiary/aromatic N) is 2. The third-order valence-electron chi connectivity index (χ3n) is 6.86. The molecule has 1 aromatic heterocycles. The van der Waals surface area contributed by atoms with Crippen LogP contribution in [0.25, 0.3) is 11.3 Å². The van der Waals surface area contributed by atoms with E-state index in [9.17, 15) is 10.4 Å². The van der Waals surface area contributed by atoms with Gasteiger partial charge >= 0.3 is 0 Å². The summed E-state index contributed by atoms with van der Waals surface area (Å²) in [6, 6.07) is 9.97. The number of nitrogen functional groups attached to an aromatic ring is 1. The molecule has 2 aromatic rings. The van der Waals surface area contributed by atoms with E-state index in [-0.39, 0.29) is 17.5 Å². The first-order chi connectivity index (χ1) is 14.7. The van der Waals surface area contributed by atoms with Crippen LogP contribution in [0.5, 0.6) is 5.75 Å². The highest BCUT2D eigenvalue weighted by Gasteiger charge is 2.23. The molecule has 2 aliphatic rings. The van der Waals surface area contributed by atoms with E-state index in [2.05, 4.69) is 22.4 Å². The second kappa shape index (κ2) is 9.49. The first kappa shape index (κ1) is 20.7. The number of benzene rings is 1. The topological polar surface area (TPSA) is 95.0 Å². The van der Waals surface area contributed by atoms with Crippen LogP contribution in [0.2, 0.25) is 0 Å². The summed E-state index contributed by atoms with van der Waals surface area (Å²) >= 11 is 0. The molecule has 1 aromatic carbocycles. The summed E-state index contributed by atoms with van der Waals surface area (Å²) in [6.07, 6.45) is 10.8. The quantitative estimate of drug-likeness (QED) is 0.660. The van der Waals surface area contributed by atoms with Crippen molar-refractivity contribution in [2.45, 2.75) is 63.7 Å². The molecule has 0 radical (unpaired) electrons. The van der Waals surface area contributed by atoms with Crippen molar-refractivity contribution in [3.8, 4) is 23.1 Å². The zero-order chi connectivity index (χ0) is 20.9. The SMILES string of the molecule is N#Cc1c(C2CCCNC2)cc(-c2c(O)cccc2CCC2CCCCC2)nc1N. The van der Waals surface area contributed by atoms with Gasteiger partial charge in [-0.2, -0.15) is 5.26 Å². The van der Waals surface area contributed by atoms with Gasteiger partial charge < -0.3 is 16.2 Å². The number of nitrogens with two attached hydrogens (primary N) is 1. The first-order valence-corrected chi connectivity index (χ1v) is 11.4. The van der Waals surface area contributed by atoms with E-state index in [4.69, 9.17) is 5.73 Å². The number of hydrogen-bond donors (Lipinski definition) is 3. The lowest BCUT2D eigenvalue weighted by atomic mass is 9.84. The molecule has 2 fully saturated rings. The van der Waals surface area contributed by atoms with Crippen molar-refractivity contribution in [2.75, 3.05) is 18.8 Å². The summed E-state index contributed by atoms with van der Waals surface area (Å²) in [5.41, 5.74) is 10.2. The second-order valence-electron chi connectivity index (χ2n) is 8.87. The van der Waals surface area contributed by atoms with Gasteiger partial charge in [0, 0.05) is 12.1 Å². The van der Waals surface area contributed by atoms with Crippen molar-refractivity contribution >= 4 is 5.82 Å². The Morgan fingerprint density at radius 2 is 2.00 bits per heavy atom. The fourth-order valence-corrected chi connectivity index (χ4v) is 5.20. The Labute approximate surface area is 179 Å². The Hall–Kier alpha value is -2.58. The van der Waals surface area contributed by atoms with Crippen LogP contribution >= 0.6 is 0 Å². The summed E-state index contributed by atoms with van der Waals surface area (Å²) in [7, 11) is 0. The van der Waals surface area contributed by atoms with Crippen molar-refractivity contribution in [1.82, 2.24) is 10.3 Å². The highest BCUT2D eigenvalue weighted by Crippen LogP contribution is 2.38. The van der Waals surface area contributed by atoms with Crippen molar-refractivity contribution in [3.63, 3.8) is 0 Å². The molecule has 4 rings (SSSR count). The predicted molar refractivity (Wildman–Crippen MR) is 120 cm³/mol. The largest absolute Gasteiger partial charge is 0.507 e. The van der Waals surface area contributed by atoms with Gasteiger partial charge in [-0.1, -0.05) is 44.2 Å². The van der Waals surface area contributed by atoms with Gasteiger partial charge in [0.15, 0.2) is 0 Å². The fourth-order valence-electron chi connectivity index (χ4n) is 5.20. The molecule has 158 valence electrons. The van der Waals surface area contributed by atoms with Crippen LogP contribution in [0.3, 0.4) is 0 Å². The number of pyridine rings is 1. The van der Waals surface area contributed by atoms with E-state index in [1.54, 1.807) is 6.07 Å². The lowest BCUT2D eigenvalue weighted by molar-refractivity contribution is 0.339. The molecule has 1 unspecified atom stereocenters. The van der Waals surface area contributed by atoms with Gasteiger partial charge in [0.05, 0.1) is 11.3 Å². The van der Waals surface area contributed by atoms with Crippen LogP contribution in [-0.2, 0) is 6.42 Å². The van der Waals surface area contributed by atoms with Gasteiger partial charge in [-0.05, 0) is 67.3 Å². The fraction of sp³-hybridized carbons (Fsp3) is 0.520. The first-order valence-electron chi connectivity index (χ1n) is 11.4. The smallest absolute Gasteiger partial charge is 0.142 e. The third kappa shape index (κ3) is 4.44. The van der Waals surface area contributed by atoms with Gasteiger partial charge in [-0.3, -0.25) is 0 Å². The second-order valence-corrected chi connectivity index (χ2v) is 8.87. The van der Waals surface area contributed by atoms with E-state index >= 15 is 0 Å². The molecule has 1 aliphatic heterocycles. The lowest BCUT2D eigenvalue weighted by Gasteiger charge is -2.25. The van der Waals surface area contributed by atoms with Crippen LogP contribution in [0.15, 0.2) is 24.3 Å². The summed E-state index contributed by atoms with van der Waals surface area (Å²) in [5, 5.41) is 23.9. The van der Waals surface area contributed by atoms with Gasteiger partial charge in [0.1, 0.15) is 17.6 Å². The Bertz CT molecular complexity index is 921. The molecule has 1 aliphatic carbocycles. The molecule has 5 nitrogen and oxygen atoms in total. The normalized spacial score (nSPS) is 20.0. The van der Waals surface area contributed by atoms with Crippen LogP contribution in [0.1, 0.15) is 74.0 Å². The zero-order valence-corrected chi connectivity index (χ0v) is 17.7. The van der Waals surface area contributed by atoms with Crippen molar-refractivity contribution < 1.29 is 5.11 Å². The molecule has 5 heteroatoms. The van der Waals surface area contributed by atoms with Gasteiger partial charge in [0.2, 0.25) is 0 Å². The number of nitriles is 1. The number of phenolic OH excluding ortho intramolecular Hbond substituents is 1. The molecule has 1 saturated heterocycles. The maximum atomic E-state index is 10.7. The van der Waals surface area contributed by atoms with Gasteiger partial charge in [-0.25, -0.2) is 4.98 Å². The molecule has 1 saturated carbocycles. The van der Waals surface area contributed by atoms with Crippen molar-refractivity contribution in [2.24, 2.45) is 5.92 Å². The number of phenols is 1. The predicted octanol–water partition coefficient (Wildman–Crippen LogP) is 4.89. The number of rotatable bonds is 5. The Morgan fingerprint density at radius 3 is 2.73 bits per heavy atom. The van der Waals surface area contributed by atoms with E-state index in [0.29, 0.717) is 11.3 Å². The molecule has 1 atom stereocenters. The average molecular weight is 405 g/mol. The molecule has 0 bridgehead atoms. The average Bonchev–Trinajstić information content (AvgIpc) is 2.78. The summed E-state index contributed by atoms with van der Waals surface area (Å²) in [4.78, 5) is 4.56. The highest BCUT2D eigenvalue weighted by atomic mass is 16.3. The molecule has 2 heterocycles. The molecular weight excluding hydrogens is 372 g/mol. The van der Waals surface area contributed by atoms with E-state index in [1.165, 1.54) is 32.1 Å². The van der Waals surface area contributed by atoms with E-state index in [1.807, 2.05) is 12.1 Å². The van der Waals surface area contributed by atoms with Crippen molar-refractivity contribution in [1.29, 1.82) is 5.26 Å². The van der Waals surface area contributed by atoms with Crippen LogP contribution < -0.4 is 11.1 Å². The third-order valence-corrected chi connectivity index (χ3v) is 6.86. The Balaban J connectivity index is 1.69. The van der Waals surface area contributed by atoms with E-state index < -0.39 is 0 Å². The lowest BCUT2D eigenvalue weighted by Crippen LogP contribution is -2.29. The minimum Gasteiger partial charge on any atom is -0.507 e. The van der Waals surface area contributed by atoms with Gasteiger partial charge in [0.25, 0.3) is 0 Å². The summed E-state index contributed by atoms with van der Waals surface area (Å²) < 4.78 is 0. The number of aromatic hydroxyl groups is 1. The monoisotopic (exact) mass is 404 g/mol. The van der Waals surface area contributed by atoms with Crippen molar-refractivity contribution in [3.05, 3.63) is 41.0 Å². The maximum absolute atomic E-state index is 10.7. The molecule has 0 spiro atoms. The number of aryl methyl sites for hydroxylation is 1. The minimum atomic E-state index is 0.237. The number of anilines is 1. The standard InChI is InChI=1S/C25H32N4O/c26-15-21-20(19-9-5-13-28-16-19)14-22(29-25(21)27)24-18(8-4-10-23(24)30)12-11-17-6-2-1-3-7-17/h4,8,10,14,17,19,28,30H,1-3,5-7,9,11-13,16H2,(H2,27,29). The number of nitrogens with one attached hydrogen (secondary N) is 1. The maximum Gasteiger partial charge on any atom is 0.142 e. The summed E-state index contributed by atoms with van der Waals surface area (Å²) in [6.45, 7) is 1.85. The Morgan fingerprint density at radius 1 is 1.17 bits per heavy atom. The number of aromatic nitrogens is 1. The zero-order valence-electron chi connectivity index (χ0n) is 17.7. The summed E-state index contributed by atoms with van der Waals surface area (Å²) in [5.74, 6) is 1.52. The Kier molecular flexibility index (Phi) is 6.54. The molecule has 30 heavy (non-hydrogen) atoms. The minimum absolute atomic E-state index is 0.237. The van der Waals surface area contributed by atoms with E-state index in [0.717, 1.165) is 61.4 Å².